The zero-order chi connectivity index (χ0) is 35.3. The minimum atomic E-state index is -4.83. The lowest BCUT2D eigenvalue weighted by Crippen LogP contribution is -2.29. The number of hydrogen-bond donors (Lipinski definition) is 5. The molecule has 0 aliphatic heterocycles. The fourth-order valence-electron chi connectivity index (χ4n) is 4.41. The van der Waals surface area contributed by atoms with E-state index in [0.29, 0.717) is 12.3 Å². The van der Waals surface area contributed by atoms with Gasteiger partial charge in [-0.15, -0.1) is 0 Å². The maximum atomic E-state index is 12.3. The Bertz CT molecular complexity index is 971. The first kappa shape index (κ1) is 44.9. The second-order valence-electron chi connectivity index (χ2n) is 12.2. The standard InChI is InChI=1S/C35H61O11P/c1-4-5-14-21-30(36)22-16-11-7-8-12-17-23-32(37)33(38)24-19-26-34(39)44-27-31(28-45-47(41,42)43)46-35(40)25-18-13-9-6-10-15-20-29(2)3/h7-8,11-12,16-17,22-23,29-33,36-38H,4-6,9-10,13-15,18-21,24-28H2,1-3H3,(H2,41,42,43)/b11-7-,12-8+,22-16+,23-17+/t30-,31-,32-,33-/m1/s1. The van der Waals surface area contributed by atoms with Crippen molar-refractivity contribution in [2.24, 2.45) is 5.92 Å². The molecule has 0 saturated carbocycles. The number of phosphoric ester groups is 1. The Morgan fingerprint density at radius 3 is 1.89 bits per heavy atom. The number of phosphoric acid groups is 1. The van der Waals surface area contributed by atoms with Crippen molar-refractivity contribution < 1.29 is 53.3 Å². The molecule has 0 bridgehead atoms. The molecule has 0 aromatic heterocycles. The van der Waals surface area contributed by atoms with Gasteiger partial charge in [-0.25, -0.2) is 4.57 Å². The minimum Gasteiger partial charge on any atom is -0.462 e. The van der Waals surface area contributed by atoms with E-state index in [4.69, 9.17) is 19.3 Å². The van der Waals surface area contributed by atoms with Crippen LogP contribution >= 0.6 is 7.82 Å². The van der Waals surface area contributed by atoms with Crippen molar-refractivity contribution in [2.75, 3.05) is 13.2 Å². The normalized spacial score (nSPS) is 15.3. The van der Waals surface area contributed by atoms with E-state index in [1.165, 1.54) is 18.9 Å². The fourth-order valence-corrected chi connectivity index (χ4v) is 4.77. The topological polar surface area (TPSA) is 180 Å². The first-order valence-corrected chi connectivity index (χ1v) is 18.6. The number of unbranched alkanes of at least 4 members (excludes halogenated alkanes) is 7. The monoisotopic (exact) mass is 688 g/mol. The average molecular weight is 689 g/mol. The molecule has 0 aromatic rings. The zero-order valence-corrected chi connectivity index (χ0v) is 29.6. The summed E-state index contributed by atoms with van der Waals surface area (Å²) in [6, 6.07) is 0. The number of rotatable bonds is 29. The van der Waals surface area contributed by atoms with E-state index >= 15 is 0 Å². The van der Waals surface area contributed by atoms with Crippen LogP contribution < -0.4 is 0 Å². The van der Waals surface area contributed by atoms with E-state index in [2.05, 4.69) is 25.3 Å². The van der Waals surface area contributed by atoms with Crippen LogP contribution in [0.1, 0.15) is 117 Å². The molecule has 272 valence electrons. The van der Waals surface area contributed by atoms with E-state index in [-0.39, 0.29) is 25.7 Å². The summed E-state index contributed by atoms with van der Waals surface area (Å²) in [5, 5.41) is 30.2. The molecule has 0 aliphatic rings. The third-order valence-corrected chi connectivity index (χ3v) is 7.63. The first-order valence-electron chi connectivity index (χ1n) is 17.1. The molecular weight excluding hydrogens is 627 g/mol. The molecular formula is C35H61O11P. The van der Waals surface area contributed by atoms with Crippen molar-refractivity contribution in [1.82, 2.24) is 0 Å². The lowest BCUT2D eigenvalue weighted by molar-refractivity contribution is -0.161. The van der Waals surface area contributed by atoms with Crippen LogP contribution in [0.4, 0.5) is 0 Å². The van der Waals surface area contributed by atoms with Gasteiger partial charge in [-0.3, -0.25) is 14.1 Å². The lowest BCUT2D eigenvalue weighted by Gasteiger charge is -2.18. The molecule has 0 aromatic carbocycles. The molecule has 0 heterocycles. The SMILES string of the molecule is CCCCC[C@@H](O)/C=C/C=C\C=C\C=C\[C@@H](O)[C@H](O)CCCC(=O)OC[C@H](COP(=O)(O)O)OC(=O)CCCCCCCCC(C)C. The number of aliphatic hydroxyl groups excluding tert-OH is 3. The third-order valence-electron chi connectivity index (χ3n) is 7.14. The summed E-state index contributed by atoms with van der Waals surface area (Å²) in [5.74, 6) is -0.528. The Balaban J connectivity index is 4.41. The Morgan fingerprint density at radius 2 is 1.26 bits per heavy atom. The molecule has 0 aliphatic carbocycles. The van der Waals surface area contributed by atoms with Crippen LogP contribution in [0.15, 0.2) is 48.6 Å². The number of carbonyl (C=O) groups excluding carboxylic acids is 2. The van der Waals surface area contributed by atoms with E-state index in [0.717, 1.165) is 51.4 Å². The lowest BCUT2D eigenvalue weighted by atomic mass is 10.0. The summed E-state index contributed by atoms with van der Waals surface area (Å²) in [7, 11) is -4.83. The predicted molar refractivity (Wildman–Crippen MR) is 183 cm³/mol. The van der Waals surface area contributed by atoms with Gasteiger partial charge in [0.15, 0.2) is 6.10 Å². The third kappa shape index (κ3) is 30.9. The van der Waals surface area contributed by atoms with Crippen molar-refractivity contribution in [1.29, 1.82) is 0 Å². The van der Waals surface area contributed by atoms with Crippen LogP contribution in [0, 0.1) is 5.92 Å². The van der Waals surface area contributed by atoms with Crippen molar-refractivity contribution in [2.45, 2.75) is 141 Å². The molecule has 12 heteroatoms. The minimum absolute atomic E-state index is 0.0871. The largest absolute Gasteiger partial charge is 0.469 e. The second-order valence-corrected chi connectivity index (χ2v) is 13.4. The van der Waals surface area contributed by atoms with Gasteiger partial charge < -0.3 is 34.6 Å². The molecule has 5 N–H and O–H groups in total. The molecule has 0 rings (SSSR count). The number of hydrogen-bond acceptors (Lipinski definition) is 9. The summed E-state index contributed by atoms with van der Waals surface area (Å²) in [4.78, 5) is 42.5. The highest BCUT2D eigenvalue weighted by Crippen LogP contribution is 2.36. The second kappa shape index (κ2) is 28.9. The van der Waals surface area contributed by atoms with Crippen molar-refractivity contribution in [3.05, 3.63) is 48.6 Å². The summed E-state index contributed by atoms with van der Waals surface area (Å²) in [6.07, 6.45) is 21.1. The number of allylic oxidation sites excluding steroid dienone is 6. The van der Waals surface area contributed by atoms with E-state index in [1.807, 2.05) is 0 Å². The van der Waals surface area contributed by atoms with Gasteiger partial charge >= 0.3 is 19.8 Å². The van der Waals surface area contributed by atoms with Crippen molar-refractivity contribution in [3.8, 4) is 0 Å². The van der Waals surface area contributed by atoms with Gasteiger partial charge in [0.25, 0.3) is 0 Å². The Morgan fingerprint density at radius 1 is 0.681 bits per heavy atom. The van der Waals surface area contributed by atoms with Crippen LogP contribution in [0.2, 0.25) is 0 Å². The van der Waals surface area contributed by atoms with Gasteiger partial charge in [0.1, 0.15) is 6.61 Å². The molecule has 0 spiro atoms. The van der Waals surface area contributed by atoms with Crippen LogP contribution in [0.25, 0.3) is 0 Å². The molecule has 0 amide bonds. The summed E-state index contributed by atoms with van der Waals surface area (Å²) < 4.78 is 26.0. The van der Waals surface area contributed by atoms with Gasteiger partial charge in [0, 0.05) is 12.8 Å². The zero-order valence-electron chi connectivity index (χ0n) is 28.7. The number of ether oxygens (including phenoxy) is 2. The first-order chi connectivity index (χ1) is 22.3. The summed E-state index contributed by atoms with van der Waals surface area (Å²) in [5.41, 5.74) is 0. The van der Waals surface area contributed by atoms with Crippen LogP contribution in [-0.4, -0.2) is 74.7 Å². The van der Waals surface area contributed by atoms with E-state index in [9.17, 15) is 29.5 Å². The Labute approximate surface area is 282 Å². The number of esters is 2. The van der Waals surface area contributed by atoms with Gasteiger partial charge in [0.05, 0.1) is 24.9 Å². The molecule has 0 fully saturated rings. The molecule has 0 radical (unpaired) electrons. The maximum absolute atomic E-state index is 12.3. The average Bonchev–Trinajstić information content (AvgIpc) is 3.00. The molecule has 11 nitrogen and oxygen atoms in total. The van der Waals surface area contributed by atoms with Gasteiger partial charge in [-0.2, -0.15) is 0 Å². The smallest absolute Gasteiger partial charge is 0.462 e. The highest BCUT2D eigenvalue weighted by atomic mass is 31.2. The molecule has 4 atom stereocenters. The van der Waals surface area contributed by atoms with Crippen LogP contribution in [0.3, 0.4) is 0 Å². The highest BCUT2D eigenvalue weighted by molar-refractivity contribution is 7.46. The maximum Gasteiger partial charge on any atom is 0.469 e. The predicted octanol–water partition coefficient (Wildman–Crippen LogP) is 6.39. The summed E-state index contributed by atoms with van der Waals surface area (Å²) in [6.45, 7) is 5.44. The Kier molecular flexibility index (Phi) is 27.6. The quantitative estimate of drug-likeness (QED) is 0.0255. The fraction of sp³-hybridized carbons (Fsp3) is 0.714. The highest BCUT2D eigenvalue weighted by Gasteiger charge is 2.23. The Hall–Kier alpha value is -2.11. The molecule has 47 heavy (non-hydrogen) atoms. The number of carbonyl (C=O) groups is 2. The van der Waals surface area contributed by atoms with Gasteiger partial charge in [-0.1, -0.05) is 127 Å². The van der Waals surface area contributed by atoms with Crippen LogP contribution in [-0.2, 0) is 28.2 Å². The molecule has 0 unspecified atom stereocenters. The van der Waals surface area contributed by atoms with Crippen molar-refractivity contribution >= 4 is 19.8 Å². The molecule has 0 saturated heterocycles. The van der Waals surface area contributed by atoms with E-state index in [1.54, 1.807) is 42.5 Å². The van der Waals surface area contributed by atoms with Gasteiger partial charge in [-0.05, 0) is 31.6 Å². The van der Waals surface area contributed by atoms with Gasteiger partial charge in [0.2, 0.25) is 0 Å². The summed E-state index contributed by atoms with van der Waals surface area (Å²) >= 11 is 0. The van der Waals surface area contributed by atoms with E-state index < -0.39 is 57.4 Å². The van der Waals surface area contributed by atoms with Crippen LogP contribution in [0.5, 0.6) is 0 Å². The number of aliphatic hydroxyl groups is 3. The van der Waals surface area contributed by atoms with Crippen molar-refractivity contribution in [3.63, 3.8) is 0 Å².